The van der Waals surface area contributed by atoms with Gasteiger partial charge in [-0.1, -0.05) is 29.8 Å². The molecule has 2 N–H and O–H groups in total. The molecule has 0 aliphatic carbocycles. The topological polar surface area (TPSA) is 38.9 Å². The molecule has 0 bridgehead atoms. The third-order valence-corrected chi connectivity index (χ3v) is 2.88. The van der Waals surface area contributed by atoms with Crippen molar-refractivity contribution in [1.29, 1.82) is 0 Å². The normalized spacial score (nSPS) is 12.6. The molecule has 2 aromatic rings. The molecule has 0 spiro atoms. The van der Waals surface area contributed by atoms with Crippen LogP contribution in [0.1, 0.15) is 31.5 Å². The summed E-state index contributed by atoms with van der Waals surface area (Å²) in [6.07, 6.45) is 1.86. The Morgan fingerprint density at radius 1 is 1.29 bits per heavy atom. The fourth-order valence-corrected chi connectivity index (χ4v) is 1.84. The number of hydrogen-bond donors (Lipinski definition) is 1. The Kier molecular flexibility index (Phi) is 3.55. The molecule has 2 nitrogen and oxygen atoms in total. The Morgan fingerprint density at radius 2 is 2.06 bits per heavy atom. The molecule has 0 saturated heterocycles. The van der Waals surface area contributed by atoms with Gasteiger partial charge in [-0.3, -0.25) is 4.98 Å². The van der Waals surface area contributed by atoms with Crippen molar-refractivity contribution in [3.8, 4) is 0 Å². The van der Waals surface area contributed by atoms with E-state index in [1.165, 1.54) is 5.57 Å². The van der Waals surface area contributed by atoms with Crippen LogP contribution in [0, 0.1) is 0 Å². The van der Waals surface area contributed by atoms with E-state index in [9.17, 15) is 0 Å². The van der Waals surface area contributed by atoms with E-state index in [1.807, 2.05) is 31.2 Å². The van der Waals surface area contributed by atoms with Gasteiger partial charge in [0.25, 0.3) is 0 Å². The summed E-state index contributed by atoms with van der Waals surface area (Å²) >= 11 is 0. The molecule has 17 heavy (non-hydrogen) atoms. The number of fused-ring (bicyclic) bond motifs is 1. The summed E-state index contributed by atoms with van der Waals surface area (Å²) in [6, 6.07) is 12.2. The smallest absolute Gasteiger partial charge is 0.0706 e. The summed E-state index contributed by atoms with van der Waals surface area (Å²) in [4.78, 5) is 4.60. The number of rotatable bonds is 4. The van der Waals surface area contributed by atoms with Gasteiger partial charge in [0.05, 0.1) is 11.2 Å². The SMILES string of the molecule is C=C(C)CCC(N)c1ccc2ccccc2n1. The van der Waals surface area contributed by atoms with Crippen LogP contribution < -0.4 is 5.73 Å². The molecule has 0 aliphatic rings. The van der Waals surface area contributed by atoms with E-state index in [-0.39, 0.29) is 6.04 Å². The van der Waals surface area contributed by atoms with E-state index in [4.69, 9.17) is 5.73 Å². The number of nitrogens with zero attached hydrogens (tertiary/aromatic N) is 1. The molecule has 88 valence electrons. The van der Waals surface area contributed by atoms with Crippen molar-refractivity contribution in [3.63, 3.8) is 0 Å². The van der Waals surface area contributed by atoms with Crippen molar-refractivity contribution in [2.24, 2.45) is 5.73 Å². The molecule has 0 saturated carbocycles. The van der Waals surface area contributed by atoms with Crippen molar-refractivity contribution >= 4 is 10.9 Å². The van der Waals surface area contributed by atoms with Gasteiger partial charge >= 0.3 is 0 Å². The van der Waals surface area contributed by atoms with E-state index in [0.29, 0.717) is 0 Å². The second-order valence-corrected chi connectivity index (χ2v) is 4.53. The maximum absolute atomic E-state index is 6.13. The second kappa shape index (κ2) is 5.11. The molecule has 1 unspecified atom stereocenters. The maximum atomic E-state index is 6.13. The summed E-state index contributed by atoms with van der Waals surface area (Å²) in [6.45, 7) is 5.92. The minimum atomic E-state index is -0.00342. The standard InChI is InChI=1S/C15H18N2/c1-11(2)7-9-13(16)15-10-8-12-5-3-4-6-14(12)17-15/h3-6,8,10,13H,1,7,9,16H2,2H3. The van der Waals surface area contributed by atoms with Gasteiger partial charge in [0, 0.05) is 11.4 Å². The Balaban J connectivity index is 2.20. The van der Waals surface area contributed by atoms with Crippen LogP contribution in [-0.4, -0.2) is 4.98 Å². The lowest BCUT2D eigenvalue weighted by Crippen LogP contribution is -2.12. The van der Waals surface area contributed by atoms with Crippen LogP contribution in [0.4, 0.5) is 0 Å². The van der Waals surface area contributed by atoms with E-state index < -0.39 is 0 Å². The number of hydrogen-bond acceptors (Lipinski definition) is 2. The molecular formula is C15H18N2. The molecule has 1 aromatic heterocycles. The Labute approximate surface area is 102 Å². The average Bonchev–Trinajstić information content (AvgIpc) is 2.35. The van der Waals surface area contributed by atoms with Crippen LogP contribution in [0.15, 0.2) is 48.6 Å². The Hall–Kier alpha value is -1.67. The highest BCUT2D eigenvalue weighted by Gasteiger charge is 2.07. The Bertz CT molecular complexity index is 531. The third kappa shape index (κ3) is 2.92. The van der Waals surface area contributed by atoms with Gasteiger partial charge in [0.15, 0.2) is 0 Å². The van der Waals surface area contributed by atoms with Crippen molar-refractivity contribution < 1.29 is 0 Å². The fourth-order valence-electron chi connectivity index (χ4n) is 1.84. The molecule has 1 heterocycles. The van der Waals surface area contributed by atoms with Crippen molar-refractivity contribution in [2.45, 2.75) is 25.8 Å². The number of nitrogens with two attached hydrogens (primary N) is 1. The highest BCUT2D eigenvalue weighted by Crippen LogP contribution is 2.19. The van der Waals surface area contributed by atoms with Gasteiger partial charge in [0.1, 0.15) is 0 Å². The quantitative estimate of drug-likeness (QED) is 0.809. The van der Waals surface area contributed by atoms with E-state index in [0.717, 1.165) is 29.4 Å². The summed E-state index contributed by atoms with van der Waals surface area (Å²) < 4.78 is 0. The van der Waals surface area contributed by atoms with E-state index >= 15 is 0 Å². The first kappa shape index (κ1) is 11.8. The zero-order valence-electron chi connectivity index (χ0n) is 10.2. The predicted octanol–water partition coefficient (Wildman–Crippen LogP) is 3.59. The first-order valence-corrected chi connectivity index (χ1v) is 5.92. The lowest BCUT2D eigenvalue weighted by molar-refractivity contribution is 0.634. The van der Waals surface area contributed by atoms with Crippen LogP contribution >= 0.6 is 0 Å². The first-order valence-electron chi connectivity index (χ1n) is 5.92. The van der Waals surface area contributed by atoms with Crippen molar-refractivity contribution in [2.75, 3.05) is 0 Å². The monoisotopic (exact) mass is 226 g/mol. The highest BCUT2D eigenvalue weighted by molar-refractivity contribution is 5.78. The summed E-state index contributed by atoms with van der Waals surface area (Å²) in [5.74, 6) is 0. The number of pyridine rings is 1. The molecule has 2 heteroatoms. The molecule has 0 amide bonds. The second-order valence-electron chi connectivity index (χ2n) is 4.53. The van der Waals surface area contributed by atoms with Crippen molar-refractivity contribution in [3.05, 3.63) is 54.2 Å². The zero-order chi connectivity index (χ0) is 12.3. The Morgan fingerprint density at radius 3 is 2.82 bits per heavy atom. The van der Waals surface area contributed by atoms with E-state index in [2.05, 4.69) is 23.7 Å². The molecule has 1 aromatic carbocycles. The molecule has 0 radical (unpaired) electrons. The number of aromatic nitrogens is 1. The largest absolute Gasteiger partial charge is 0.323 e. The van der Waals surface area contributed by atoms with E-state index in [1.54, 1.807) is 0 Å². The number of allylic oxidation sites excluding steroid dienone is 1. The van der Waals surface area contributed by atoms with Gasteiger partial charge < -0.3 is 5.73 Å². The highest BCUT2D eigenvalue weighted by atomic mass is 14.8. The lowest BCUT2D eigenvalue weighted by atomic mass is 10.0. The summed E-state index contributed by atoms with van der Waals surface area (Å²) in [5, 5.41) is 1.16. The third-order valence-electron chi connectivity index (χ3n) is 2.88. The average molecular weight is 226 g/mol. The van der Waals surface area contributed by atoms with Crippen LogP contribution in [-0.2, 0) is 0 Å². The van der Waals surface area contributed by atoms with Gasteiger partial charge in [-0.15, -0.1) is 6.58 Å². The van der Waals surface area contributed by atoms with Crippen LogP contribution in [0.25, 0.3) is 10.9 Å². The molecule has 2 rings (SSSR count). The summed E-state index contributed by atoms with van der Waals surface area (Å²) in [7, 11) is 0. The maximum Gasteiger partial charge on any atom is 0.0706 e. The van der Waals surface area contributed by atoms with Crippen LogP contribution in [0.2, 0.25) is 0 Å². The molecule has 0 aliphatic heterocycles. The molecule has 1 atom stereocenters. The van der Waals surface area contributed by atoms with Crippen LogP contribution in [0.3, 0.4) is 0 Å². The fraction of sp³-hybridized carbons (Fsp3) is 0.267. The van der Waals surface area contributed by atoms with Gasteiger partial charge in [-0.25, -0.2) is 0 Å². The zero-order valence-corrected chi connectivity index (χ0v) is 10.2. The first-order chi connectivity index (χ1) is 8.16. The number of benzene rings is 1. The summed E-state index contributed by atoms with van der Waals surface area (Å²) in [5.41, 5.74) is 9.27. The van der Waals surface area contributed by atoms with Gasteiger partial charge in [-0.2, -0.15) is 0 Å². The number of para-hydroxylation sites is 1. The minimum absolute atomic E-state index is 0.00342. The van der Waals surface area contributed by atoms with Gasteiger partial charge in [0.2, 0.25) is 0 Å². The van der Waals surface area contributed by atoms with Gasteiger partial charge in [-0.05, 0) is 31.9 Å². The molecular weight excluding hydrogens is 208 g/mol. The van der Waals surface area contributed by atoms with Crippen LogP contribution in [0.5, 0.6) is 0 Å². The minimum Gasteiger partial charge on any atom is -0.323 e. The lowest BCUT2D eigenvalue weighted by Gasteiger charge is -2.11. The van der Waals surface area contributed by atoms with Crippen molar-refractivity contribution in [1.82, 2.24) is 4.98 Å². The predicted molar refractivity (Wildman–Crippen MR) is 72.7 cm³/mol. The molecule has 0 fully saturated rings.